The Morgan fingerprint density at radius 3 is 2.82 bits per heavy atom. The van der Waals surface area contributed by atoms with Crippen LogP contribution >= 0.6 is 21.6 Å². The summed E-state index contributed by atoms with van der Waals surface area (Å²) in [5, 5.41) is 4.10. The van der Waals surface area contributed by atoms with E-state index in [0.29, 0.717) is 12.5 Å². The molecule has 3 heterocycles. The van der Waals surface area contributed by atoms with Crippen LogP contribution < -0.4 is 10.2 Å². The molecule has 5 nitrogen and oxygen atoms in total. The van der Waals surface area contributed by atoms with Crippen molar-refractivity contribution in [1.29, 1.82) is 0 Å². The van der Waals surface area contributed by atoms with Gasteiger partial charge in [-0.3, -0.25) is 4.79 Å². The second-order valence-corrected chi connectivity index (χ2v) is 11.0. The maximum Gasteiger partial charge on any atom is 0.220 e. The van der Waals surface area contributed by atoms with Gasteiger partial charge in [0, 0.05) is 47.8 Å². The largest absolute Gasteiger partial charge is 0.356 e. The Morgan fingerprint density at radius 2 is 2.00 bits per heavy atom. The molecule has 0 saturated carbocycles. The number of hydrogen-bond acceptors (Lipinski definition) is 6. The van der Waals surface area contributed by atoms with E-state index in [0.717, 1.165) is 56.3 Å². The molecule has 1 aromatic heterocycles. The molecule has 154 valence electrons. The highest BCUT2D eigenvalue weighted by atomic mass is 33.1. The molecule has 2 saturated heterocycles. The van der Waals surface area contributed by atoms with Crippen molar-refractivity contribution in [1.82, 2.24) is 15.3 Å². The summed E-state index contributed by atoms with van der Waals surface area (Å²) in [5.41, 5.74) is 2.62. The van der Waals surface area contributed by atoms with Gasteiger partial charge in [-0.1, -0.05) is 28.0 Å². The summed E-state index contributed by atoms with van der Waals surface area (Å²) in [4.78, 5) is 23.8. The zero-order valence-corrected chi connectivity index (χ0v) is 18.3. The zero-order valence-electron chi connectivity index (χ0n) is 16.7. The minimum Gasteiger partial charge on any atom is -0.356 e. The highest BCUT2D eigenvalue weighted by Gasteiger charge is 2.25. The van der Waals surface area contributed by atoms with Crippen molar-refractivity contribution >= 4 is 33.3 Å². The predicted octanol–water partition coefficient (Wildman–Crippen LogP) is 4.15. The fourth-order valence-electron chi connectivity index (χ4n) is 4.53. The summed E-state index contributed by atoms with van der Waals surface area (Å²) in [6.45, 7) is 1.95. The molecule has 2 fully saturated rings. The molecule has 3 aliphatic rings. The van der Waals surface area contributed by atoms with Crippen molar-refractivity contribution in [2.75, 3.05) is 23.7 Å². The van der Waals surface area contributed by atoms with Crippen LogP contribution in [0, 0.1) is 0 Å². The van der Waals surface area contributed by atoms with Crippen LogP contribution in [0.5, 0.6) is 0 Å². The Kier molecular flexibility index (Phi) is 7.40. The lowest BCUT2D eigenvalue weighted by Crippen LogP contribution is -2.45. The molecule has 2 aliphatic heterocycles. The van der Waals surface area contributed by atoms with Crippen molar-refractivity contribution in [2.24, 2.45) is 0 Å². The predicted molar refractivity (Wildman–Crippen MR) is 119 cm³/mol. The average Bonchev–Trinajstić information content (AvgIpc) is 3.25. The number of aryl methyl sites for hydroxylation is 1. The first-order valence-electron chi connectivity index (χ1n) is 10.9. The molecule has 1 N–H and O–H groups in total. The molecule has 1 aliphatic carbocycles. The molecule has 1 atom stereocenters. The van der Waals surface area contributed by atoms with Crippen molar-refractivity contribution in [3.63, 3.8) is 0 Å². The molecule has 4 rings (SSSR count). The number of aromatic nitrogens is 2. The van der Waals surface area contributed by atoms with E-state index in [1.807, 2.05) is 21.6 Å². The van der Waals surface area contributed by atoms with Gasteiger partial charge in [0.1, 0.15) is 12.1 Å². The van der Waals surface area contributed by atoms with Crippen LogP contribution in [-0.4, -0.2) is 46.0 Å². The molecule has 28 heavy (non-hydrogen) atoms. The maximum absolute atomic E-state index is 12.3. The number of hydrogen-bond donors (Lipinski definition) is 1. The zero-order chi connectivity index (χ0) is 19.2. The molecule has 0 radical (unpaired) electrons. The first-order chi connectivity index (χ1) is 13.8. The van der Waals surface area contributed by atoms with Crippen LogP contribution in [0.25, 0.3) is 0 Å². The van der Waals surface area contributed by atoms with Crippen LogP contribution in [0.4, 0.5) is 5.82 Å². The minimum atomic E-state index is 0.242. The molecular weight excluding hydrogens is 388 g/mol. The van der Waals surface area contributed by atoms with Gasteiger partial charge in [0.25, 0.3) is 0 Å². The number of fused-ring (bicyclic) bond motifs is 1. The lowest BCUT2D eigenvalue weighted by Gasteiger charge is -2.35. The summed E-state index contributed by atoms with van der Waals surface area (Å²) < 4.78 is 0. The van der Waals surface area contributed by atoms with Crippen LogP contribution in [0.2, 0.25) is 0 Å². The van der Waals surface area contributed by atoms with Gasteiger partial charge in [0.2, 0.25) is 5.91 Å². The van der Waals surface area contributed by atoms with E-state index in [1.54, 1.807) is 6.33 Å². The van der Waals surface area contributed by atoms with E-state index in [2.05, 4.69) is 20.2 Å². The number of amides is 1. The highest BCUT2D eigenvalue weighted by Crippen LogP contribution is 2.39. The number of piperidine rings is 1. The topological polar surface area (TPSA) is 58.1 Å². The Labute approximate surface area is 176 Å². The summed E-state index contributed by atoms with van der Waals surface area (Å²) in [7, 11) is 4.04. The lowest BCUT2D eigenvalue weighted by atomic mass is 9.95. The van der Waals surface area contributed by atoms with Gasteiger partial charge >= 0.3 is 0 Å². The van der Waals surface area contributed by atoms with Crippen molar-refractivity contribution < 1.29 is 4.79 Å². The van der Waals surface area contributed by atoms with Crippen molar-refractivity contribution in [2.45, 2.75) is 81.9 Å². The van der Waals surface area contributed by atoms with Gasteiger partial charge in [0.05, 0.1) is 0 Å². The summed E-state index contributed by atoms with van der Waals surface area (Å²) >= 11 is 0. The van der Waals surface area contributed by atoms with Crippen LogP contribution in [0.15, 0.2) is 6.33 Å². The molecule has 0 aromatic carbocycles. The van der Waals surface area contributed by atoms with Gasteiger partial charge in [-0.15, -0.1) is 0 Å². The van der Waals surface area contributed by atoms with Crippen LogP contribution in [-0.2, 0) is 17.6 Å². The van der Waals surface area contributed by atoms with E-state index in [-0.39, 0.29) is 5.91 Å². The van der Waals surface area contributed by atoms with Gasteiger partial charge < -0.3 is 10.2 Å². The molecule has 1 amide bonds. The number of carbonyl (C=O) groups is 1. The fourth-order valence-corrected chi connectivity index (χ4v) is 7.56. The number of rotatable bonds is 7. The van der Waals surface area contributed by atoms with Crippen LogP contribution in [0.1, 0.15) is 69.0 Å². The Balaban J connectivity index is 1.18. The Morgan fingerprint density at radius 1 is 1.14 bits per heavy atom. The maximum atomic E-state index is 12.3. The first kappa shape index (κ1) is 20.3. The van der Waals surface area contributed by atoms with Gasteiger partial charge in [-0.05, 0) is 57.8 Å². The molecular formula is C21H32N4OS2. The fraction of sp³-hybridized carbons (Fsp3) is 0.762. The van der Waals surface area contributed by atoms with E-state index in [1.165, 1.54) is 49.1 Å². The second kappa shape index (κ2) is 10.2. The number of carbonyl (C=O) groups excluding carboxylic acids is 1. The smallest absolute Gasteiger partial charge is 0.220 e. The summed E-state index contributed by atoms with van der Waals surface area (Å²) in [5.74, 6) is 2.69. The SMILES string of the molecule is O=C(CCCCC1CCSS1)NC1CCN(c2ncnc3c2CCCC3)CC1. The van der Waals surface area contributed by atoms with Crippen molar-refractivity contribution in [3.8, 4) is 0 Å². The molecule has 1 aromatic rings. The molecule has 1 unspecified atom stereocenters. The average molecular weight is 421 g/mol. The number of unbranched alkanes of at least 4 members (excludes halogenated alkanes) is 1. The van der Waals surface area contributed by atoms with Gasteiger partial charge in [-0.2, -0.15) is 0 Å². The first-order valence-corrected chi connectivity index (χ1v) is 13.3. The third-order valence-electron chi connectivity index (χ3n) is 6.17. The molecule has 0 bridgehead atoms. The Bertz CT molecular complexity index is 658. The third-order valence-corrected chi connectivity index (χ3v) is 9.18. The molecule has 0 spiro atoms. The quantitative estimate of drug-likeness (QED) is 0.528. The van der Waals surface area contributed by atoms with E-state index < -0.39 is 0 Å². The molecule has 7 heteroatoms. The van der Waals surface area contributed by atoms with Crippen LogP contribution in [0.3, 0.4) is 0 Å². The van der Waals surface area contributed by atoms with E-state index in [4.69, 9.17) is 0 Å². The third kappa shape index (κ3) is 5.35. The second-order valence-electron chi connectivity index (χ2n) is 8.23. The normalized spacial score (nSPS) is 22.9. The van der Waals surface area contributed by atoms with Crippen molar-refractivity contribution in [3.05, 3.63) is 17.6 Å². The highest BCUT2D eigenvalue weighted by molar-refractivity contribution is 8.77. The van der Waals surface area contributed by atoms with Gasteiger partial charge in [-0.25, -0.2) is 9.97 Å². The van der Waals surface area contributed by atoms with Gasteiger partial charge in [0.15, 0.2) is 0 Å². The van der Waals surface area contributed by atoms with E-state index >= 15 is 0 Å². The standard InChI is InChI=1S/C21H32N4OS2/c26-20(8-4-1-5-17-11-14-27-28-17)24-16-9-12-25(13-10-16)21-18-6-2-3-7-19(18)22-15-23-21/h15-17H,1-14H2,(H,24,26). The lowest BCUT2D eigenvalue weighted by molar-refractivity contribution is -0.122. The minimum absolute atomic E-state index is 0.242. The monoisotopic (exact) mass is 420 g/mol. The summed E-state index contributed by atoms with van der Waals surface area (Å²) in [6, 6.07) is 0.322. The Hall–Kier alpha value is -0.950. The summed E-state index contributed by atoms with van der Waals surface area (Å²) in [6.07, 6.45) is 14.0. The number of nitrogens with one attached hydrogen (secondary N) is 1. The number of nitrogens with zero attached hydrogens (tertiary/aromatic N) is 3. The number of anilines is 1. The van der Waals surface area contributed by atoms with E-state index in [9.17, 15) is 4.79 Å².